The Morgan fingerprint density at radius 2 is 1.75 bits per heavy atom. The second kappa shape index (κ2) is 7.40. The van der Waals surface area contributed by atoms with E-state index in [2.05, 4.69) is 58.7 Å². The summed E-state index contributed by atoms with van der Waals surface area (Å²) in [6, 6.07) is 11.9. The number of hydrogen-bond donors (Lipinski definition) is 1. The molecule has 1 aliphatic rings. The Kier molecular flexibility index (Phi) is 5.05. The lowest BCUT2D eigenvalue weighted by atomic mass is 10.1. The van der Waals surface area contributed by atoms with Gasteiger partial charge in [0, 0.05) is 32.7 Å². The molecule has 0 saturated carbocycles. The minimum absolute atomic E-state index is 0.0410. The van der Waals surface area contributed by atoms with Gasteiger partial charge in [-0.25, -0.2) is 0 Å². The van der Waals surface area contributed by atoms with Crippen LogP contribution in [0, 0.1) is 6.92 Å². The first-order valence-corrected chi connectivity index (χ1v) is 8.23. The number of anilines is 1. The molecule has 6 nitrogen and oxygen atoms in total. The molecule has 0 atom stereocenters. The second-order valence-corrected chi connectivity index (χ2v) is 6.24. The van der Waals surface area contributed by atoms with E-state index in [0.29, 0.717) is 18.1 Å². The molecule has 24 heavy (non-hydrogen) atoms. The van der Waals surface area contributed by atoms with Gasteiger partial charge in [-0.15, -0.1) is 10.2 Å². The van der Waals surface area contributed by atoms with Crippen LogP contribution < -0.4 is 5.32 Å². The van der Waals surface area contributed by atoms with Gasteiger partial charge in [0.2, 0.25) is 0 Å². The fourth-order valence-electron chi connectivity index (χ4n) is 2.61. The Morgan fingerprint density at radius 1 is 1.04 bits per heavy atom. The van der Waals surface area contributed by atoms with E-state index in [1.165, 1.54) is 11.1 Å². The number of aryl methyl sites for hydroxylation is 1. The number of likely N-dealkylation sites (N-methyl/N-ethyl adjacent to an activating group) is 1. The Labute approximate surface area is 142 Å². The zero-order valence-corrected chi connectivity index (χ0v) is 14.2. The summed E-state index contributed by atoms with van der Waals surface area (Å²) in [6.07, 6.45) is 0. The fourth-order valence-corrected chi connectivity index (χ4v) is 2.61. The number of piperazine rings is 1. The summed E-state index contributed by atoms with van der Waals surface area (Å²) in [5.41, 5.74) is 2.82. The third-order valence-corrected chi connectivity index (χ3v) is 4.27. The Bertz CT molecular complexity index is 676. The summed E-state index contributed by atoms with van der Waals surface area (Å²) in [5.74, 6) is 0.631. The number of nitrogens with one attached hydrogen (secondary N) is 1. The number of hydrogen-bond acceptors (Lipinski definition) is 5. The van der Waals surface area contributed by atoms with Crippen LogP contribution in [0.15, 0.2) is 36.4 Å². The molecule has 0 unspecified atom stereocenters. The fraction of sp³-hybridized carbons (Fsp3) is 0.389. The van der Waals surface area contributed by atoms with Gasteiger partial charge in [0.1, 0.15) is 5.82 Å². The molecule has 2 heterocycles. The van der Waals surface area contributed by atoms with Crippen molar-refractivity contribution in [1.29, 1.82) is 0 Å². The van der Waals surface area contributed by atoms with Gasteiger partial charge in [0.05, 0.1) is 0 Å². The third-order valence-electron chi connectivity index (χ3n) is 4.27. The molecular weight excluding hydrogens is 302 g/mol. The monoisotopic (exact) mass is 325 g/mol. The van der Waals surface area contributed by atoms with Gasteiger partial charge in [0.25, 0.3) is 5.91 Å². The minimum atomic E-state index is -0.0410. The van der Waals surface area contributed by atoms with Crippen molar-refractivity contribution in [3.05, 3.63) is 53.2 Å². The van der Waals surface area contributed by atoms with Crippen LogP contribution in [0.5, 0.6) is 0 Å². The third kappa shape index (κ3) is 4.08. The Morgan fingerprint density at radius 3 is 2.38 bits per heavy atom. The van der Waals surface area contributed by atoms with E-state index in [1.807, 2.05) is 11.0 Å². The quantitative estimate of drug-likeness (QED) is 0.928. The number of amides is 1. The van der Waals surface area contributed by atoms with E-state index in [4.69, 9.17) is 0 Å². The first-order chi connectivity index (χ1) is 11.6. The van der Waals surface area contributed by atoms with Gasteiger partial charge in [-0.05, 0) is 31.7 Å². The summed E-state index contributed by atoms with van der Waals surface area (Å²) in [7, 11) is 2.07. The molecule has 1 aliphatic heterocycles. The predicted molar refractivity (Wildman–Crippen MR) is 93.9 cm³/mol. The highest BCUT2D eigenvalue weighted by Gasteiger charge is 2.21. The van der Waals surface area contributed by atoms with Crippen LogP contribution in [-0.4, -0.2) is 59.1 Å². The standard InChI is InChI=1S/C18H23N5O/c1-14-3-5-15(6-4-14)13-19-17-8-7-16(20-21-17)18(24)23-11-9-22(2)10-12-23/h3-8H,9-13H2,1-2H3,(H,19,21). The van der Waals surface area contributed by atoms with Crippen LogP contribution >= 0.6 is 0 Å². The lowest BCUT2D eigenvalue weighted by Crippen LogP contribution is -2.47. The first kappa shape index (κ1) is 16.4. The van der Waals surface area contributed by atoms with Crippen LogP contribution in [0.25, 0.3) is 0 Å². The molecule has 1 aromatic heterocycles. The van der Waals surface area contributed by atoms with Crippen molar-refractivity contribution in [3.8, 4) is 0 Å². The van der Waals surface area contributed by atoms with Crippen molar-refractivity contribution in [2.75, 3.05) is 38.5 Å². The van der Waals surface area contributed by atoms with Gasteiger partial charge in [-0.2, -0.15) is 0 Å². The van der Waals surface area contributed by atoms with E-state index < -0.39 is 0 Å². The van der Waals surface area contributed by atoms with Crippen molar-refractivity contribution in [2.45, 2.75) is 13.5 Å². The molecule has 3 rings (SSSR count). The average molecular weight is 325 g/mol. The lowest BCUT2D eigenvalue weighted by Gasteiger charge is -2.32. The molecule has 126 valence electrons. The van der Waals surface area contributed by atoms with E-state index in [1.54, 1.807) is 6.07 Å². The van der Waals surface area contributed by atoms with E-state index in [0.717, 1.165) is 26.2 Å². The molecule has 2 aromatic rings. The Hall–Kier alpha value is -2.47. The predicted octanol–water partition coefficient (Wildman–Crippen LogP) is 1.78. The van der Waals surface area contributed by atoms with Crippen molar-refractivity contribution < 1.29 is 4.79 Å². The zero-order valence-electron chi connectivity index (χ0n) is 14.2. The first-order valence-electron chi connectivity index (χ1n) is 8.23. The molecule has 0 spiro atoms. The molecule has 1 amide bonds. The van der Waals surface area contributed by atoms with Gasteiger partial charge in [0.15, 0.2) is 5.69 Å². The molecule has 1 saturated heterocycles. The molecule has 6 heteroatoms. The number of benzene rings is 1. The highest BCUT2D eigenvalue weighted by atomic mass is 16.2. The summed E-state index contributed by atoms with van der Waals surface area (Å²) in [4.78, 5) is 16.5. The van der Waals surface area contributed by atoms with E-state index in [-0.39, 0.29) is 5.91 Å². The molecule has 1 fully saturated rings. The van der Waals surface area contributed by atoms with Crippen LogP contribution in [0.3, 0.4) is 0 Å². The smallest absolute Gasteiger partial charge is 0.274 e. The zero-order chi connectivity index (χ0) is 16.9. The number of nitrogens with zero attached hydrogens (tertiary/aromatic N) is 4. The Balaban J connectivity index is 1.56. The van der Waals surface area contributed by atoms with Crippen LogP contribution in [0.1, 0.15) is 21.6 Å². The minimum Gasteiger partial charge on any atom is -0.365 e. The SMILES string of the molecule is Cc1ccc(CNc2ccc(C(=O)N3CCN(C)CC3)nn2)cc1. The molecule has 1 aromatic carbocycles. The summed E-state index contributed by atoms with van der Waals surface area (Å²) >= 11 is 0. The molecule has 0 bridgehead atoms. The van der Waals surface area contributed by atoms with E-state index in [9.17, 15) is 4.79 Å². The van der Waals surface area contributed by atoms with Crippen molar-refractivity contribution in [3.63, 3.8) is 0 Å². The molecule has 1 N–H and O–H groups in total. The van der Waals surface area contributed by atoms with Crippen molar-refractivity contribution in [1.82, 2.24) is 20.0 Å². The van der Waals surface area contributed by atoms with Crippen molar-refractivity contribution >= 4 is 11.7 Å². The van der Waals surface area contributed by atoms with Crippen LogP contribution in [0.4, 0.5) is 5.82 Å². The van der Waals surface area contributed by atoms with Crippen molar-refractivity contribution in [2.24, 2.45) is 0 Å². The summed E-state index contributed by atoms with van der Waals surface area (Å²) in [6.45, 7) is 6.03. The molecule has 0 radical (unpaired) electrons. The normalized spacial score (nSPS) is 15.3. The largest absolute Gasteiger partial charge is 0.365 e. The van der Waals surface area contributed by atoms with E-state index >= 15 is 0 Å². The van der Waals surface area contributed by atoms with Crippen LogP contribution in [0.2, 0.25) is 0 Å². The summed E-state index contributed by atoms with van der Waals surface area (Å²) < 4.78 is 0. The number of aromatic nitrogens is 2. The highest BCUT2D eigenvalue weighted by molar-refractivity contribution is 5.92. The number of carbonyl (C=O) groups excluding carboxylic acids is 1. The molecular formula is C18H23N5O. The average Bonchev–Trinajstić information content (AvgIpc) is 2.62. The van der Waals surface area contributed by atoms with Gasteiger partial charge in [-0.1, -0.05) is 29.8 Å². The topological polar surface area (TPSA) is 61.4 Å². The highest BCUT2D eigenvalue weighted by Crippen LogP contribution is 2.10. The second-order valence-electron chi connectivity index (χ2n) is 6.24. The summed E-state index contributed by atoms with van der Waals surface area (Å²) in [5, 5.41) is 11.4. The van der Waals surface area contributed by atoms with Gasteiger partial charge >= 0.3 is 0 Å². The number of carbonyl (C=O) groups is 1. The maximum Gasteiger partial charge on any atom is 0.274 e. The molecule has 0 aliphatic carbocycles. The van der Waals surface area contributed by atoms with Gasteiger partial charge in [-0.3, -0.25) is 4.79 Å². The maximum absolute atomic E-state index is 12.4. The van der Waals surface area contributed by atoms with Crippen LogP contribution in [-0.2, 0) is 6.54 Å². The lowest BCUT2D eigenvalue weighted by molar-refractivity contribution is 0.0657. The van der Waals surface area contributed by atoms with Gasteiger partial charge < -0.3 is 15.1 Å². The number of rotatable bonds is 4. The maximum atomic E-state index is 12.4.